The van der Waals surface area contributed by atoms with E-state index in [1.807, 2.05) is 0 Å². The van der Waals surface area contributed by atoms with E-state index in [4.69, 9.17) is 4.74 Å². The number of thiazole rings is 1. The van der Waals surface area contributed by atoms with Gasteiger partial charge in [-0.3, -0.25) is 4.79 Å². The molecule has 72 valence electrons. The molecule has 0 bridgehead atoms. The maximum Gasteiger partial charge on any atom is 0.306 e. The molecule has 0 fully saturated rings. The molecule has 0 aliphatic carbocycles. The Morgan fingerprint density at radius 1 is 1.77 bits per heavy atom. The Morgan fingerprint density at radius 3 is 3.08 bits per heavy atom. The molecule has 1 rings (SSSR count). The van der Waals surface area contributed by atoms with E-state index >= 15 is 0 Å². The van der Waals surface area contributed by atoms with Gasteiger partial charge in [0.1, 0.15) is 0 Å². The van der Waals surface area contributed by atoms with Crippen LogP contribution in [0.3, 0.4) is 0 Å². The standard InChI is InChI=1S/C8H10BrNO2S/c1-2-12-7(11)4-3-6-5-10-8(9)13-6/h5H,2-4H2,1H3. The number of ether oxygens (including phenoxy) is 1. The van der Waals surface area contributed by atoms with Crippen molar-refractivity contribution >= 4 is 33.2 Å². The van der Waals surface area contributed by atoms with Crippen molar-refractivity contribution in [3.05, 3.63) is 15.0 Å². The molecule has 0 aliphatic rings. The Morgan fingerprint density at radius 2 is 2.54 bits per heavy atom. The number of aryl methyl sites for hydroxylation is 1. The normalized spacial score (nSPS) is 10.0. The minimum absolute atomic E-state index is 0.146. The van der Waals surface area contributed by atoms with Gasteiger partial charge in [0.2, 0.25) is 0 Å². The molecule has 0 N–H and O–H groups in total. The number of esters is 1. The zero-order valence-electron chi connectivity index (χ0n) is 7.25. The van der Waals surface area contributed by atoms with Gasteiger partial charge < -0.3 is 4.74 Å². The van der Waals surface area contributed by atoms with Gasteiger partial charge in [-0.25, -0.2) is 4.98 Å². The highest BCUT2D eigenvalue weighted by Crippen LogP contribution is 2.19. The first kappa shape index (κ1) is 10.7. The number of halogens is 1. The summed E-state index contributed by atoms with van der Waals surface area (Å²) in [6.45, 7) is 2.26. The number of hydrogen-bond donors (Lipinski definition) is 0. The maximum absolute atomic E-state index is 11.0. The summed E-state index contributed by atoms with van der Waals surface area (Å²) in [4.78, 5) is 16.1. The van der Waals surface area contributed by atoms with Gasteiger partial charge in [-0.05, 0) is 29.3 Å². The highest BCUT2D eigenvalue weighted by molar-refractivity contribution is 9.11. The van der Waals surface area contributed by atoms with Crippen LogP contribution in [0, 0.1) is 0 Å². The van der Waals surface area contributed by atoms with Crippen molar-refractivity contribution in [1.29, 1.82) is 0 Å². The number of aromatic nitrogens is 1. The SMILES string of the molecule is CCOC(=O)CCc1cnc(Br)s1. The van der Waals surface area contributed by atoms with E-state index in [-0.39, 0.29) is 5.97 Å². The summed E-state index contributed by atoms with van der Waals surface area (Å²) < 4.78 is 5.66. The Balaban J connectivity index is 2.30. The van der Waals surface area contributed by atoms with Gasteiger partial charge in [-0.15, -0.1) is 11.3 Å². The van der Waals surface area contributed by atoms with Gasteiger partial charge in [0.25, 0.3) is 0 Å². The molecule has 0 aromatic carbocycles. The monoisotopic (exact) mass is 263 g/mol. The molecule has 0 saturated heterocycles. The molecule has 1 aromatic heterocycles. The summed E-state index contributed by atoms with van der Waals surface area (Å²) in [6, 6.07) is 0. The Hall–Kier alpha value is -0.420. The van der Waals surface area contributed by atoms with Gasteiger partial charge >= 0.3 is 5.97 Å². The molecule has 0 radical (unpaired) electrons. The molecule has 0 unspecified atom stereocenters. The second-order valence-electron chi connectivity index (χ2n) is 2.38. The second kappa shape index (κ2) is 5.34. The molecular formula is C8H10BrNO2S. The number of carbonyl (C=O) groups excluding carboxylic acids is 1. The lowest BCUT2D eigenvalue weighted by molar-refractivity contribution is -0.143. The lowest BCUT2D eigenvalue weighted by atomic mass is 10.3. The van der Waals surface area contributed by atoms with E-state index in [1.165, 1.54) is 0 Å². The summed E-state index contributed by atoms with van der Waals surface area (Å²) in [5.41, 5.74) is 0. The molecule has 0 amide bonds. The quantitative estimate of drug-likeness (QED) is 0.784. The average Bonchev–Trinajstić information content (AvgIpc) is 2.49. The molecule has 0 saturated carbocycles. The highest BCUT2D eigenvalue weighted by Gasteiger charge is 2.04. The smallest absolute Gasteiger partial charge is 0.306 e. The van der Waals surface area contributed by atoms with Crippen LogP contribution in [0.25, 0.3) is 0 Å². The number of rotatable bonds is 4. The van der Waals surface area contributed by atoms with Crippen molar-refractivity contribution in [2.45, 2.75) is 19.8 Å². The second-order valence-corrected chi connectivity index (χ2v) is 4.78. The van der Waals surface area contributed by atoms with Crippen LogP contribution in [0.4, 0.5) is 0 Å². The molecular weight excluding hydrogens is 254 g/mol. The predicted octanol–water partition coefficient (Wildman–Crippen LogP) is 2.40. The predicted molar refractivity (Wildman–Crippen MR) is 54.8 cm³/mol. The fourth-order valence-corrected chi connectivity index (χ4v) is 2.22. The highest BCUT2D eigenvalue weighted by atomic mass is 79.9. The zero-order chi connectivity index (χ0) is 9.68. The van der Waals surface area contributed by atoms with E-state index in [2.05, 4.69) is 20.9 Å². The summed E-state index contributed by atoms with van der Waals surface area (Å²) in [6.07, 6.45) is 2.92. The van der Waals surface area contributed by atoms with Crippen molar-refractivity contribution in [1.82, 2.24) is 4.98 Å². The van der Waals surface area contributed by atoms with Crippen LogP contribution in [0.1, 0.15) is 18.2 Å². The number of hydrogen-bond acceptors (Lipinski definition) is 4. The molecule has 3 nitrogen and oxygen atoms in total. The van der Waals surface area contributed by atoms with Crippen LogP contribution in [0.2, 0.25) is 0 Å². The van der Waals surface area contributed by atoms with Gasteiger partial charge in [0, 0.05) is 11.1 Å². The lowest BCUT2D eigenvalue weighted by Gasteiger charge is -1.98. The van der Waals surface area contributed by atoms with Crippen LogP contribution >= 0.6 is 27.3 Å². The van der Waals surface area contributed by atoms with Crippen molar-refractivity contribution in [2.75, 3.05) is 6.61 Å². The summed E-state index contributed by atoms with van der Waals surface area (Å²) >= 11 is 4.81. The fourth-order valence-electron chi connectivity index (χ4n) is 0.858. The average molecular weight is 264 g/mol. The van der Waals surface area contributed by atoms with Crippen molar-refractivity contribution < 1.29 is 9.53 Å². The topological polar surface area (TPSA) is 39.2 Å². The molecule has 1 heterocycles. The summed E-state index contributed by atoms with van der Waals surface area (Å²) in [7, 11) is 0. The Bertz CT molecular complexity index is 287. The third-order valence-corrected chi connectivity index (χ3v) is 2.94. The van der Waals surface area contributed by atoms with Gasteiger partial charge in [0.15, 0.2) is 3.92 Å². The number of nitrogens with zero attached hydrogens (tertiary/aromatic N) is 1. The van der Waals surface area contributed by atoms with Gasteiger partial charge in [0.05, 0.1) is 13.0 Å². The molecule has 0 atom stereocenters. The van der Waals surface area contributed by atoms with E-state index in [9.17, 15) is 4.79 Å². The Labute approximate surface area is 89.3 Å². The van der Waals surface area contributed by atoms with E-state index < -0.39 is 0 Å². The van der Waals surface area contributed by atoms with Gasteiger partial charge in [-0.2, -0.15) is 0 Å². The van der Waals surface area contributed by atoms with Crippen molar-refractivity contribution in [3.63, 3.8) is 0 Å². The van der Waals surface area contributed by atoms with E-state index in [0.29, 0.717) is 19.4 Å². The molecule has 0 aliphatic heterocycles. The summed E-state index contributed by atoms with van der Waals surface area (Å²) in [5.74, 6) is -0.146. The lowest BCUT2D eigenvalue weighted by Crippen LogP contribution is -2.04. The minimum Gasteiger partial charge on any atom is -0.466 e. The van der Waals surface area contributed by atoms with E-state index in [0.717, 1.165) is 8.79 Å². The third-order valence-electron chi connectivity index (χ3n) is 1.41. The van der Waals surface area contributed by atoms with Gasteiger partial charge in [-0.1, -0.05) is 0 Å². The van der Waals surface area contributed by atoms with Crippen molar-refractivity contribution in [3.8, 4) is 0 Å². The number of carbonyl (C=O) groups is 1. The van der Waals surface area contributed by atoms with E-state index in [1.54, 1.807) is 24.5 Å². The molecule has 5 heteroatoms. The van der Waals surface area contributed by atoms with Crippen LogP contribution in [-0.2, 0) is 16.0 Å². The fraction of sp³-hybridized carbons (Fsp3) is 0.500. The van der Waals surface area contributed by atoms with Crippen LogP contribution in [0.5, 0.6) is 0 Å². The first-order valence-electron chi connectivity index (χ1n) is 3.98. The largest absolute Gasteiger partial charge is 0.466 e. The molecule has 0 spiro atoms. The first-order valence-corrected chi connectivity index (χ1v) is 5.59. The van der Waals surface area contributed by atoms with Crippen LogP contribution < -0.4 is 0 Å². The molecule has 1 aromatic rings. The third kappa shape index (κ3) is 3.87. The maximum atomic E-state index is 11.0. The van der Waals surface area contributed by atoms with Crippen LogP contribution in [0.15, 0.2) is 10.1 Å². The minimum atomic E-state index is -0.146. The van der Waals surface area contributed by atoms with Crippen LogP contribution in [-0.4, -0.2) is 17.6 Å². The first-order chi connectivity index (χ1) is 6.22. The zero-order valence-corrected chi connectivity index (χ0v) is 9.65. The van der Waals surface area contributed by atoms with Crippen molar-refractivity contribution in [2.24, 2.45) is 0 Å². The molecule has 13 heavy (non-hydrogen) atoms. The summed E-state index contributed by atoms with van der Waals surface area (Å²) in [5, 5.41) is 0. The Kier molecular flexibility index (Phi) is 4.38.